The van der Waals surface area contributed by atoms with Crippen LogP contribution in [0.15, 0.2) is 29.2 Å². The smallest absolute Gasteiger partial charge is 0.266 e. The van der Waals surface area contributed by atoms with E-state index < -0.39 is 20.1 Å². The van der Waals surface area contributed by atoms with Crippen LogP contribution in [0.5, 0.6) is 0 Å². The Kier molecular flexibility index (Phi) is 6.06. The van der Waals surface area contributed by atoms with Crippen LogP contribution in [0.4, 0.5) is 0 Å². The Morgan fingerprint density at radius 1 is 1.04 bits per heavy atom. The molecule has 136 valence electrons. The molecule has 1 fully saturated rings. The van der Waals surface area contributed by atoms with Crippen molar-refractivity contribution in [2.45, 2.75) is 43.5 Å². The van der Waals surface area contributed by atoms with E-state index in [-0.39, 0.29) is 23.5 Å². The normalized spacial score (nSPS) is 22.7. The summed E-state index contributed by atoms with van der Waals surface area (Å²) in [4.78, 5) is 0.165. The molecule has 0 N–H and O–H groups in total. The van der Waals surface area contributed by atoms with Gasteiger partial charge in [0, 0.05) is 13.1 Å². The number of benzene rings is 1. The van der Waals surface area contributed by atoms with Crippen molar-refractivity contribution in [2.75, 3.05) is 19.9 Å². The number of rotatable bonds is 6. The molecule has 8 heteroatoms. The molecule has 0 bridgehead atoms. The van der Waals surface area contributed by atoms with Gasteiger partial charge in [0.05, 0.1) is 17.8 Å². The van der Waals surface area contributed by atoms with Crippen LogP contribution >= 0.6 is 0 Å². The van der Waals surface area contributed by atoms with Crippen LogP contribution in [-0.2, 0) is 24.3 Å². The van der Waals surface area contributed by atoms with Gasteiger partial charge in [0.2, 0.25) is 10.0 Å². The van der Waals surface area contributed by atoms with Crippen LogP contribution in [0.1, 0.15) is 31.2 Å². The van der Waals surface area contributed by atoms with Gasteiger partial charge in [-0.05, 0) is 50.7 Å². The lowest BCUT2D eigenvalue weighted by atomic mass is 9.87. The number of aryl methyl sites for hydroxylation is 1. The minimum absolute atomic E-state index is 0.00930. The van der Waals surface area contributed by atoms with Gasteiger partial charge in [-0.1, -0.05) is 17.7 Å². The van der Waals surface area contributed by atoms with Gasteiger partial charge in [0.15, 0.2) is 0 Å². The highest BCUT2D eigenvalue weighted by molar-refractivity contribution is 7.88. The molecule has 1 aliphatic carbocycles. The fraction of sp³-hybridized carbons (Fsp3) is 0.625. The Balaban J connectivity index is 1.87. The van der Waals surface area contributed by atoms with E-state index in [0.29, 0.717) is 0 Å². The molecule has 1 aromatic carbocycles. The maximum Gasteiger partial charge on any atom is 0.296 e. The van der Waals surface area contributed by atoms with Crippen LogP contribution in [-0.4, -0.2) is 47.1 Å². The maximum absolute atomic E-state index is 12.2. The first kappa shape index (κ1) is 19.4. The zero-order valence-electron chi connectivity index (χ0n) is 14.3. The van der Waals surface area contributed by atoms with Crippen LogP contribution in [0.2, 0.25) is 0 Å². The summed E-state index contributed by atoms with van der Waals surface area (Å²) < 4.78 is 54.1. The summed E-state index contributed by atoms with van der Waals surface area (Å²) in [6.07, 6.45) is 4.17. The second-order valence-electron chi connectivity index (χ2n) is 6.51. The van der Waals surface area contributed by atoms with Crippen molar-refractivity contribution in [3.63, 3.8) is 0 Å². The predicted octanol–water partition coefficient (Wildman–Crippen LogP) is 2.15. The molecule has 0 aromatic heterocycles. The lowest BCUT2D eigenvalue weighted by molar-refractivity contribution is 0.176. The van der Waals surface area contributed by atoms with Gasteiger partial charge in [-0.15, -0.1) is 0 Å². The van der Waals surface area contributed by atoms with Crippen molar-refractivity contribution in [1.29, 1.82) is 0 Å². The molecular formula is C16H25NO5S2. The van der Waals surface area contributed by atoms with Crippen molar-refractivity contribution in [3.8, 4) is 0 Å². The van der Waals surface area contributed by atoms with Gasteiger partial charge in [-0.3, -0.25) is 4.18 Å². The number of hydrogen-bond donors (Lipinski definition) is 0. The first-order valence-electron chi connectivity index (χ1n) is 7.98. The van der Waals surface area contributed by atoms with E-state index in [2.05, 4.69) is 0 Å². The van der Waals surface area contributed by atoms with Crippen molar-refractivity contribution >= 4 is 20.1 Å². The van der Waals surface area contributed by atoms with Crippen LogP contribution in [0.25, 0.3) is 0 Å². The van der Waals surface area contributed by atoms with Crippen LogP contribution in [0, 0.1) is 12.8 Å². The number of hydrogen-bond acceptors (Lipinski definition) is 5. The molecule has 0 atom stereocenters. The molecule has 0 spiro atoms. The third-order valence-electron chi connectivity index (χ3n) is 4.62. The minimum atomic E-state index is -3.74. The topological polar surface area (TPSA) is 80.8 Å². The Labute approximate surface area is 145 Å². The van der Waals surface area contributed by atoms with E-state index in [0.717, 1.165) is 31.2 Å². The third-order valence-corrected chi connectivity index (χ3v) is 7.26. The molecule has 1 aromatic rings. The fourth-order valence-corrected chi connectivity index (χ4v) is 4.63. The molecular weight excluding hydrogens is 350 g/mol. The molecule has 6 nitrogen and oxygen atoms in total. The Morgan fingerprint density at radius 3 is 2.08 bits per heavy atom. The monoisotopic (exact) mass is 375 g/mol. The van der Waals surface area contributed by atoms with Gasteiger partial charge in [0.25, 0.3) is 10.1 Å². The van der Waals surface area contributed by atoms with Gasteiger partial charge in [-0.25, -0.2) is 12.7 Å². The van der Waals surface area contributed by atoms with E-state index in [9.17, 15) is 16.8 Å². The van der Waals surface area contributed by atoms with Crippen LogP contribution < -0.4 is 0 Å². The summed E-state index contributed by atoms with van der Waals surface area (Å²) in [6, 6.07) is 6.56. The fourth-order valence-electron chi connectivity index (χ4n) is 2.90. The summed E-state index contributed by atoms with van der Waals surface area (Å²) in [7, 11) is -5.33. The first-order valence-corrected chi connectivity index (χ1v) is 11.2. The van der Waals surface area contributed by atoms with E-state index in [1.54, 1.807) is 31.3 Å². The Hall–Kier alpha value is -0.960. The molecule has 0 aliphatic heterocycles. The summed E-state index contributed by atoms with van der Waals surface area (Å²) in [5, 5.41) is 0. The quantitative estimate of drug-likeness (QED) is 0.712. The van der Waals surface area contributed by atoms with E-state index in [4.69, 9.17) is 4.18 Å². The molecule has 0 saturated heterocycles. The van der Waals surface area contributed by atoms with E-state index in [1.807, 2.05) is 6.92 Å². The molecule has 1 aliphatic rings. The third kappa shape index (κ3) is 5.02. The average molecular weight is 376 g/mol. The largest absolute Gasteiger partial charge is 0.296 e. The summed E-state index contributed by atoms with van der Waals surface area (Å²) in [5.74, 6) is 0.134. The zero-order chi connectivity index (χ0) is 18.0. The van der Waals surface area contributed by atoms with Gasteiger partial charge in [-0.2, -0.15) is 8.42 Å². The minimum Gasteiger partial charge on any atom is -0.266 e. The Morgan fingerprint density at radius 2 is 1.58 bits per heavy atom. The molecule has 24 heavy (non-hydrogen) atoms. The second-order valence-corrected chi connectivity index (χ2v) is 10.2. The van der Waals surface area contributed by atoms with Crippen molar-refractivity contribution < 1.29 is 21.0 Å². The standard InChI is InChI=1S/C16H25NO5S2/c1-13-4-10-16(11-5-13)24(20,21)22-12-14-6-8-15(9-7-14)17(2)23(3,18)19/h4-5,10-11,14-15H,6-9,12H2,1-3H3. The average Bonchev–Trinajstić information content (AvgIpc) is 2.52. The lowest BCUT2D eigenvalue weighted by Crippen LogP contribution is -2.39. The first-order chi connectivity index (χ1) is 11.1. The molecule has 0 heterocycles. The summed E-state index contributed by atoms with van der Waals surface area (Å²) in [6.45, 7) is 2.04. The predicted molar refractivity (Wildman–Crippen MR) is 92.7 cm³/mol. The molecule has 0 amide bonds. The lowest BCUT2D eigenvalue weighted by Gasteiger charge is -2.33. The summed E-state index contributed by atoms with van der Waals surface area (Å²) >= 11 is 0. The van der Waals surface area contributed by atoms with Crippen LogP contribution in [0.3, 0.4) is 0 Å². The van der Waals surface area contributed by atoms with Gasteiger partial charge < -0.3 is 0 Å². The van der Waals surface area contributed by atoms with E-state index >= 15 is 0 Å². The van der Waals surface area contributed by atoms with Crippen molar-refractivity contribution in [1.82, 2.24) is 4.31 Å². The Bertz CT molecular complexity index is 748. The van der Waals surface area contributed by atoms with Gasteiger partial charge in [0.1, 0.15) is 0 Å². The highest BCUT2D eigenvalue weighted by Crippen LogP contribution is 2.29. The maximum atomic E-state index is 12.2. The highest BCUT2D eigenvalue weighted by Gasteiger charge is 2.29. The van der Waals surface area contributed by atoms with Crippen molar-refractivity contribution in [3.05, 3.63) is 29.8 Å². The van der Waals surface area contributed by atoms with Crippen molar-refractivity contribution in [2.24, 2.45) is 5.92 Å². The number of sulfonamides is 1. The second kappa shape index (κ2) is 7.51. The molecule has 2 rings (SSSR count). The zero-order valence-corrected chi connectivity index (χ0v) is 15.9. The van der Waals surface area contributed by atoms with E-state index in [1.165, 1.54) is 10.6 Å². The summed E-state index contributed by atoms with van der Waals surface area (Å²) in [5.41, 5.74) is 0.988. The van der Waals surface area contributed by atoms with Gasteiger partial charge >= 0.3 is 0 Å². The molecule has 0 radical (unpaired) electrons. The number of nitrogens with zero attached hydrogens (tertiary/aromatic N) is 1. The SMILES string of the molecule is Cc1ccc(S(=O)(=O)OCC2CCC(N(C)S(C)(=O)=O)CC2)cc1. The molecule has 1 saturated carbocycles. The molecule has 0 unspecified atom stereocenters. The highest BCUT2D eigenvalue weighted by atomic mass is 32.2.